The second-order valence-corrected chi connectivity index (χ2v) is 5.74. The van der Waals surface area contributed by atoms with Gasteiger partial charge in [0.25, 0.3) is 5.91 Å². The molecule has 124 valence electrons. The first-order valence-electron chi connectivity index (χ1n) is 7.34. The summed E-state index contributed by atoms with van der Waals surface area (Å²) in [4.78, 5) is 23.5. The first-order valence-corrected chi connectivity index (χ1v) is 7.34. The van der Waals surface area contributed by atoms with Gasteiger partial charge in [-0.1, -0.05) is 18.5 Å². The van der Waals surface area contributed by atoms with Gasteiger partial charge >= 0.3 is 5.97 Å². The van der Waals surface area contributed by atoms with Gasteiger partial charge in [0.15, 0.2) is 11.5 Å². The smallest absolute Gasteiger partial charge is 0.329 e. The minimum Gasteiger partial charge on any atom is -0.480 e. The number of nitrogens with zero attached hydrogens (tertiary/aromatic N) is 3. The molecule has 0 aliphatic heterocycles. The molecule has 0 aromatic carbocycles. The molecule has 0 radical (unpaired) electrons. The largest absolute Gasteiger partial charge is 0.480 e. The maximum atomic E-state index is 12.2. The first-order chi connectivity index (χ1) is 10.8. The van der Waals surface area contributed by atoms with Gasteiger partial charge in [0.2, 0.25) is 0 Å². The standard InChI is InChI=1S/C15H20N4O4/c1-4-5-15(3,14(21)22)17-13(20)12-6-11(23-18-12)9-19-8-10(2)7-16-19/h6-8H,4-5,9H2,1-3H3,(H,17,20)(H,21,22). The Bertz CT molecular complexity index is 706. The first kappa shape index (κ1) is 16.7. The Morgan fingerprint density at radius 2 is 2.22 bits per heavy atom. The molecule has 2 heterocycles. The number of amides is 1. The molecule has 0 fully saturated rings. The number of carbonyl (C=O) groups excluding carboxylic acids is 1. The van der Waals surface area contributed by atoms with E-state index in [1.165, 1.54) is 13.0 Å². The maximum absolute atomic E-state index is 12.2. The molecule has 0 aliphatic carbocycles. The monoisotopic (exact) mass is 320 g/mol. The molecule has 23 heavy (non-hydrogen) atoms. The SMILES string of the molecule is CCCC(C)(NC(=O)c1cc(Cn2cc(C)cn2)on1)C(=O)O. The number of hydrogen-bond acceptors (Lipinski definition) is 5. The van der Waals surface area contributed by atoms with Crippen molar-refractivity contribution in [2.45, 2.75) is 45.7 Å². The van der Waals surface area contributed by atoms with Crippen LogP contribution in [0.2, 0.25) is 0 Å². The van der Waals surface area contributed by atoms with Gasteiger partial charge < -0.3 is 14.9 Å². The fourth-order valence-corrected chi connectivity index (χ4v) is 2.25. The van der Waals surface area contributed by atoms with Gasteiger partial charge in [0.05, 0.1) is 6.20 Å². The number of carboxylic acid groups (broad SMARTS) is 1. The highest BCUT2D eigenvalue weighted by molar-refractivity contribution is 5.96. The molecule has 0 saturated carbocycles. The zero-order valence-corrected chi connectivity index (χ0v) is 13.4. The van der Waals surface area contributed by atoms with Crippen LogP contribution in [0.15, 0.2) is 23.0 Å². The van der Waals surface area contributed by atoms with Crippen LogP contribution >= 0.6 is 0 Å². The average Bonchev–Trinajstić information content (AvgIpc) is 3.08. The third-order valence-electron chi connectivity index (χ3n) is 3.48. The van der Waals surface area contributed by atoms with Crippen molar-refractivity contribution in [2.75, 3.05) is 0 Å². The molecule has 8 heteroatoms. The van der Waals surface area contributed by atoms with Crippen LogP contribution < -0.4 is 5.32 Å². The highest BCUT2D eigenvalue weighted by atomic mass is 16.5. The van der Waals surface area contributed by atoms with Crippen LogP contribution in [0.25, 0.3) is 0 Å². The summed E-state index contributed by atoms with van der Waals surface area (Å²) in [6, 6.07) is 1.49. The van der Waals surface area contributed by atoms with Crippen LogP contribution in [0.5, 0.6) is 0 Å². The van der Waals surface area contributed by atoms with Gasteiger partial charge in [-0.2, -0.15) is 5.10 Å². The number of carbonyl (C=O) groups is 2. The van der Waals surface area contributed by atoms with Crippen molar-refractivity contribution in [2.24, 2.45) is 0 Å². The Labute approximate surface area is 133 Å². The Balaban J connectivity index is 2.07. The number of aromatic nitrogens is 3. The predicted octanol–water partition coefficient (Wildman–Crippen LogP) is 1.60. The van der Waals surface area contributed by atoms with Crippen molar-refractivity contribution in [3.63, 3.8) is 0 Å². The third-order valence-corrected chi connectivity index (χ3v) is 3.48. The fourth-order valence-electron chi connectivity index (χ4n) is 2.25. The molecule has 0 aliphatic rings. The lowest BCUT2D eigenvalue weighted by molar-refractivity contribution is -0.144. The summed E-state index contributed by atoms with van der Waals surface area (Å²) >= 11 is 0. The third kappa shape index (κ3) is 3.97. The lowest BCUT2D eigenvalue weighted by atomic mass is 9.96. The van der Waals surface area contributed by atoms with Crippen molar-refractivity contribution in [1.29, 1.82) is 0 Å². The fraction of sp³-hybridized carbons (Fsp3) is 0.467. The molecule has 2 aromatic rings. The van der Waals surface area contributed by atoms with Gasteiger partial charge in [-0.05, 0) is 25.8 Å². The minimum absolute atomic E-state index is 0.0486. The van der Waals surface area contributed by atoms with E-state index in [0.717, 1.165) is 5.56 Å². The van der Waals surface area contributed by atoms with E-state index in [1.54, 1.807) is 10.9 Å². The Morgan fingerprint density at radius 1 is 1.48 bits per heavy atom. The minimum atomic E-state index is -1.33. The summed E-state index contributed by atoms with van der Waals surface area (Å²) in [5, 5.41) is 19.6. The number of aryl methyl sites for hydroxylation is 1. The van der Waals surface area contributed by atoms with Crippen LogP contribution in [0.3, 0.4) is 0 Å². The quantitative estimate of drug-likeness (QED) is 0.801. The Hall–Kier alpha value is -2.64. The van der Waals surface area contributed by atoms with Crippen LogP contribution in [0.4, 0.5) is 0 Å². The zero-order valence-electron chi connectivity index (χ0n) is 13.4. The van der Waals surface area contributed by atoms with E-state index in [4.69, 9.17) is 4.52 Å². The van der Waals surface area contributed by atoms with E-state index in [0.29, 0.717) is 25.1 Å². The van der Waals surface area contributed by atoms with Crippen LogP contribution in [0, 0.1) is 6.92 Å². The van der Waals surface area contributed by atoms with Gasteiger partial charge in [0.1, 0.15) is 12.1 Å². The molecule has 2 aromatic heterocycles. The van der Waals surface area contributed by atoms with E-state index in [1.807, 2.05) is 20.0 Å². The van der Waals surface area contributed by atoms with Crippen LogP contribution in [-0.4, -0.2) is 37.5 Å². The van der Waals surface area contributed by atoms with E-state index in [2.05, 4.69) is 15.6 Å². The second-order valence-electron chi connectivity index (χ2n) is 5.74. The van der Waals surface area contributed by atoms with E-state index >= 15 is 0 Å². The van der Waals surface area contributed by atoms with E-state index < -0.39 is 17.4 Å². The molecule has 1 atom stereocenters. The normalized spacial score (nSPS) is 13.5. The van der Waals surface area contributed by atoms with Gasteiger partial charge in [-0.25, -0.2) is 4.79 Å². The number of hydrogen-bond donors (Lipinski definition) is 2. The van der Waals surface area contributed by atoms with E-state index in [9.17, 15) is 14.7 Å². The molecular weight excluding hydrogens is 300 g/mol. The Kier molecular flexibility index (Phi) is 4.83. The van der Waals surface area contributed by atoms with Crippen molar-refractivity contribution in [1.82, 2.24) is 20.3 Å². The van der Waals surface area contributed by atoms with Crippen molar-refractivity contribution in [3.8, 4) is 0 Å². The highest BCUT2D eigenvalue weighted by Crippen LogP contribution is 2.14. The molecule has 2 N–H and O–H groups in total. The van der Waals surface area contributed by atoms with Crippen molar-refractivity contribution >= 4 is 11.9 Å². The van der Waals surface area contributed by atoms with Gasteiger partial charge in [-0.3, -0.25) is 9.48 Å². The molecule has 8 nitrogen and oxygen atoms in total. The maximum Gasteiger partial charge on any atom is 0.329 e. The molecule has 1 unspecified atom stereocenters. The molecule has 0 spiro atoms. The van der Waals surface area contributed by atoms with Crippen molar-refractivity contribution in [3.05, 3.63) is 35.5 Å². The molecule has 1 amide bonds. The summed E-state index contributed by atoms with van der Waals surface area (Å²) in [7, 11) is 0. The average molecular weight is 320 g/mol. The number of nitrogens with one attached hydrogen (secondary N) is 1. The zero-order chi connectivity index (χ0) is 17.0. The molecule has 0 saturated heterocycles. The molecular formula is C15H20N4O4. The van der Waals surface area contributed by atoms with Crippen LogP contribution in [-0.2, 0) is 11.3 Å². The molecule has 0 bridgehead atoms. The lowest BCUT2D eigenvalue weighted by Crippen LogP contribution is -2.52. The topological polar surface area (TPSA) is 110 Å². The highest BCUT2D eigenvalue weighted by Gasteiger charge is 2.34. The Morgan fingerprint density at radius 3 is 2.78 bits per heavy atom. The van der Waals surface area contributed by atoms with Gasteiger partial charge in [-0.15, -0.1) is 0 Å². The summed E-state index contributed by atoms with van der Waals surface area (Å²) in [5.74, 6) is -1.19. The summed E-state index contributed by atoms with van der Waals surface area (Å²) in [6.45, 7) is 5.60. The second kappa shape index (κ2) is 6.64. The summed E-state index contributed by atoms with van der Waals surface area (Å²) in [6.07, 6.45) is 4.51. The van der Waals surface area contributed by atoms with E-state index in [-0.39, 0.29) is 5.69 Å². The number of aliphatic carboxylic acids is 1. The molecule has 2 rings (SSSR count). The number of carboxylic acids is 1. The summed E-state index contributed by atoms with van der Waals surface area (Å²) < 4.78 is 6.78. The lowest BCUT2D eigenvalue weighted by Gasteiger charge is -2.25. The number of rotatable bonds is 7. The van der Waals surface area contributed by atoms with Gasteiger partial charge in [0, 0.05) is 12.3 Å². The van der Waals surface area contributed by atoms with Crippen molar-refractivity contribution < 1.29 is 19.2 Å². The summed E-state index contributed by atoms with van der Waals surface area (Å²) in [5.41, 5.74) is -0.268. The predicted molar refractivity (Wildman–Crippen MR) is 81.0 cm³/mol. The van der Waals surface area contributed by atoms with Crippen LogP contribution in [0.1, 0.15) is 48.5 Å².